The number of pyridine rings is 2. The van der Waals surface area contributed by atoms with Crippen molar-refractivity contribution < 1.29 is 17.9 Å². The number of likely N-dealkylation sites (tertiary alicyclic amines) is 1. The molecule has 5 aromatic rings. The summed E-state index contributed by atoms with van der Waals surface area (Å²) in [5.74, 6) is 6.54. The number of sulfonamides is 1. The van der Waals surface area contributed by atoms with Crippen LogP contribution >= 0.6 is 22.9 Å². The molecule has 2 aliphatic heterocycles. The highest BCUT2D eigenvalue weighted by molar-refractivity contribution is 7.91. The predicted octanol–water partition coefficient (Wildman–Crippen LogP) is 4.86. The van der Waals surface area contributed by atoms with Gasteiger partial charge in [-0.05, 0) is 63.8 Å². The summed E-state index contributed by atoms with van der Waals surface area (Å²) in [4.78, 5) is 45.6. The van der Waals surface area contributed by atoms with Crippen LogP contribution in [-0.2, 0) is 21.3 Å². The molecular formula is C39H37ClN8O5S2. The Morgan fingerprint density at radius 3 is 2.62 bits per heavy atom. The fourth-order valence-corrected chi connectivity index (χ4v) is 9.91. The normalized spacial score (nSPS) is 16.7. The zero-order chi connectivity index (χ0) is 38.4. The van der Waals surface area contributed by atoms with Crippen LogP contribution in [0.1, 0.15) is 59.9 Å². The Balaban J connectivity index is 1.09. The third-order valence-corrected chi connectivity index (χ3v) is 13.7. The highest BCUT2D eigenvalue weighted by Gasteiger charge is 2.37. The standard InChI is InChI=1S/C39H37ClN8O5S2/c1-3-47(26-11-15-46(16-12-26)27-20-53-21-27)37-31(18-41)34-33(19-43-37)44-23(2)48(39(34)50)14-4-5-24-6-7-25(40)17-30(24)29-10-13-42-35-32(22-54-36(29)35)38(49)45-55(51,52)28-8-9-28/h6-7,10,13,17,19,22,26-28H,3,8-9,11-12,14-16,20-21H2,1-2H3,(H,45,49). The summed E-state index contributed by atoms with van der Waals surface area (Å²) in [6.07, 6.45) is 6.06. The number of anilines is 1. The van der Waals surface area contributed by atoms with E-state index in [4.69, 9.17) is 21.3 Å². The minimum absolute atomic E-state index is 0.00355. The van der Waals surface area contributed by atoms with Crippen molar-refractivity contribution in [3.8, 4) is 29.0 Å². The lowest BCUT2D eigenvalue weighted by Crippen LogP contribution is -2.54. The van der Waals surface area contributed by atoms with Crippen molar-refractivity contribution in [2.24, 2.45) is 0 Å². The zero-order valence-corrected chi connectivity index (χ0v) is 32.6. The van der Waals surface area contributed by atoms with Gasteiger partial charge in [0.25, 0.3) is 11.5 Å². The fourth-order valence-electron chi connectivity index (χ4n) is 7.41. The number of thiophene rings is 1. The molecule has 55 heavy (non-hydrogen) atoms. The Bertz CT molecular complexity index is 2630. The molecule has 0 unspecified atom stereocenters. The van der Waals surface area contributed by atoms with Crippen LogP contribution < -0.4 is 15.2 Å². The summed E-state index contributed by atoms with van der Waals surface area (Å²) in [5.41, 5.74) is 2.76. The number of amides is 1. The van der Waals surface area contributed by atoms with Gasteiger partial charge in [0.15, 0.2) is 0 Å². The molecule has 16 heteroatoms. The first-order chi connectivity index (χ1) is 26.6. The summed E-state index contributed by atoms with van der Waals surface area (Å²) < 4.78 is 34.7. The van der Waals surface area contributed by atoms with E-state index in [-0.39, 0.29) is 34.7 Å². The summed E-state index contributed by atoms with van der Waals surface area (Å²) in [5, 5.41) is 12.2. The van der Waals surface area contributed by atoms with Gasteiger partial charge in [-0.15, -0.1) is 11.3 Å². The number of carbonyl (C=O) groups excluding carboxylic acids is 1. The lowest BCUT2D eigenvalue weighted by molar-refractivity contribution is -0.0711. The molecule has 3 aliphatic rings. The molecule has 8 rings (SSSR count). The molecule has 1 aromatic carbocycles. The van der Waals surface area contributed by atoms with Gasteiger partial charge < -0.3 is 9.64 Å². The number of halogens is 1. The number of nitrogens with one attached hydrogen (secondary N) is 1. The summed E-state index contributed by atoms with van der Waals surface area (Å²) in [7, 11) is -3.74. The molecule has 1 aliphatic carbocycles. The van der Waals surface area contributed by atoms with E-state index >= 15 is 0 Å². The maximum Gasteiger partial charge on any atom is 0.267 e. The molecule has 0 radical (unpaired) electrons. The molecule has 1 amide bonds. The van der Waals surface area contributed by atoms with Crippen LogP contribution in [0.4, 0.5) is 5.82 Å². The largest absolute Gasteiger partial charge is 0.378 e. The second kappa shape index (κ2) is 15.0. The molecule has 3 fully saturated rings. The van der Waals surface area contributed by atoms with Gasteiger partial charge in [-0.3, -0.25) is 24.0 Å². The van der Waals surface area contributed by atoms with Crippen LogP contribution in [0.2, 0.25) is 5.02 Å². The van der Waals surface area contributed by atoms with Gasteiger partial charge in [-0.25, -0.2) is 23.1 Å². The Kier molecular flexibility index (Phi) is 10.1. The number of hydrogen-bond donors (Lipinski definition) is 1. The van der Waals surface area contributed by atoms with Crippen LogP contribution in [0.5, 0.6) is 0 Å². The molecular weight excluding hydrogens is 760 g/mol. The van der Waals surface area contributed by atoms with Gasteiger partial charge in [-0.2, -0.15) is 5.26 Å². The maximum absolute atomic E-state index is 14.2. The van der Waals surface area contributed by atoms with E-state index in [0.717, 1.165) is 39.1 Å². The van der Waals surface area contributed by atoms with Crippen molar-refractivity contribution in [1.82, 2.24) is 29.1 Å². The summed E-state index contributed by atoms with van der Waals surface area (Å²) in [6.45, 7) is 7.85. The molecule has 13 nitrogen and oxygen atoms in total. The number of fused-ring (bicyclic) bond motifs is 2. The Morgan fingerprint density at radius 2 is 1.93 bits per heavy atom. The monoisotopic (exact) mass is 796 g/mol. The number of rotatable bonds is 9. The number of benzene rings is 1. The van der Waals surface area contributed by atoms with E-state index in [2.05, 4.69) is 42.4 Å². The first-order valence-electron chi connectivity index (χ1n) is 18.2. The van der Waals surface area contributed by atoms with Gasteiger partial charge in [0, 0.05) is 59.0 Å². The molecule has 1 N–H and O–H groups in total. The quantitative estimate of drug-likeness (QED) is 0.203. The second-order valence-corrected chi connectivity index (χ2v) is 17.3. The van der Waals surface area contributed by atoms with E-state index in [1.807, 2.05) is 6.92 Å². The molecule has 2 saturated heterocycles. The van der Waals surface area contributed by atoms with Crippen molar-refractivity contribution in [1.29, 1.82) is 5.26 Å². The highest BCUT2D eigenvalue weighted by Crippen LogP contribution is 2.37. The number of hydrogen-bond acceptors (Lipinski definition) is 12. The van der Waals surface area contributed by atoms with Crippen molar-refractivity contribution in [2.75, 3.05) is 37.7 Å². The molecule has 0 bridgehead atoms. The number of carbonyl (C=O) groups is 1. The van der Waals surface area contributed by atoms with Crippen molar-refractivity contribution >= 4 is 65.8 Å². The van der Waals surface area contributed by atoms with E-state index in [1.165, 1.54) is 15.9 Å². The van der Waals surface area contributed by atoms with Gasteiger partial charge >= 0.3 is 0 Å². The number of ether oxygens (including phenoxy) is 1. The van der Waals surface area contributed by atoms with Crippen LogP contribution in [0, 0.1) is 30.1 Å². The zero-order valence-electron chi connectivity index (χ0n) is 30.2. The van der Waals surface area contributed by atoms with Crippen LogP contribution in [0.15, 0.2) is 46.8 Å². The SMILES string of the molecule is CCN(c1ncc2nc(C)n(CC#Cc3ccc(Cl)cc3-c3ccnc4c(C(=O)NS(=O)(=O)C5CC5)csc34)c(=O)c2c1C#N)C1CCN(C2COC2)CC1. The molecule has 6 heterocycles. The number of aromatic nitrogens is 4. The van der Waals surface area contributed by atoms with Crippen molar-refractivity contribution in [3.63, 3.8) is 0 Å². The minimum atomic E-state index is -3.74. The van der Waals surface area contributed by atoms with Crippen LogP contribution in [-0.4, -0.2) is 88.9 Å². The average Bonchev–Trinajstić information content (AvgIpc) is 3.93. The minimum Gasteiger partial charge on any atom is -0.378 e. The predicted molar refractivity (Wildman–Crippen MR) is 212 cm³/mol. The topological polar surface area (TPSA) is 163 Å². The Morgan fingerprint density at radius 1 is 1.15 bits per heavy atom. The van der Waals surface area contributed by atoms with E-state index in [0.29, 0.717) is 74.5 Å². The second-order valence-electron chi connectivity index (χ2n) is 14.0. The van der Waals surface area contributed by atoms with E-state index in [1.54, 1.807) is 49.0 Å². The maximum atomic E-state index is 14.2. The third kappa shape index (κ3) is 7.07. The number of nitrogens with zero attached hydrogens (tertiary/aromatic N) is 7. The number of piperidine rings is 1. The lowest BCUT2D eigenvalue weighted by Gasteiger charge is -2.44. The van der Waals surface area contributed by atoms with E-state index in [9.17, 15) is 23.3 Å². The van der Waals surface area contributed by atoms with Crippen molar-refractivity contribution in [3.05, 3.63) is 79.9 Å². The van der Waals surface area contributed by atoms with Gasteiger partial charge in [-0.1, -0.05) is 23.4 Å². The van der Waals surface area contributed by atoms with Crippen LogP contribution in [0.3, 0.4) is 0 Å². The van der Waals surface area contributed by atoms with Gasteiger partial charge in [0.05, 0.1) is 63.9 Å². The molecule has 4 aromatic heterocycles. The first-order valence-corrected chi connectivity index (χ1v) is 21.0. The summed E-state index contributed by atoms with van der Waals surface area (Å²) in [6, 6.07) is 10.0. The van der Waals surface area contributed by atoms with Gasteiger partial charge in [0.2, 0.25) is 10.0 Å². The smallest absolute Gasteiger partial charge is 0.267 e. The average molecular weight is 797 g/mol. The number of aryl methyl sites for hydroxylation is 1. The molecule has 0 atom stereocenters. The Labute approximate surface area is 327 Å². The lowest BCUT2D eigenvalue weighted by atomic mass is 10.00. The molecule has 282 valence electrons. The van der Waals surface area contributed by atoms with Crippen molar-refractivity contribution in [2.45, 2.75) is 63.4 Å². The van der Waals surface area contributed by atoms with Crippen LogP contribution in [0.25, 0.3) is 32.2 Å². The molecule has 0 spiro atoms. The van der Waals surface area contributed by atoms with E-state index < -0.39 is 21.2 Å². The third-order valence-electron chi connectivity index (χ3n) is 10.6. The summed E-state index contributed by atoms with van der Waals surface area (Å²) >= 11 is 7.74. The fraction of sp³-hybridized carbons (Fsp3) is 0.385. The molecule has 1 saturated carbocycles. The highest BCUT2D eigenvalue weighted by atomic mass is 35.5. The van der Waals surface area contributed by atoms with Gasteiger partial charge in [0.1, 0.15) is 23.3 Å². The Hall–Kier alpha value is -4.90. The first kappa shape index (κ1) is 37.0. The number of nitriles is 1.